The topological polar surface area (TPSA) is 86.8 Å². The molecule has 2 unspecified atom stereocenters. The Hall–Kier alpha value is -4.13. The Balaban J connectivity index is 1.17. The Morgan fingerprint density at radius 1 is 0.717 bits per heavy atom. The number of nitrogens with one attached hydrogen (secondary N) is 1. The lowest BCUT2D eigenvalue weighted by atomic mass is 10.0. The van der Waals surface area contributed by atoms with Crippen LogP contribution < -0.4 is 15.1 Å². The number of hydrogen-bond donors (Lipinski definition) is 2. The van der Waals surface area contributed by atoms with Crippen LogP contribution in [-0.4, -0.2) is 39.4 Å². The van der Waals surface area contributed by atoms with Crippen molar-refractivity contribution in [2.24, 2.45) is 0 Å². The number of thioether (sulfide) groups is 2. The molecule has 7 rings (SSSR count). The number of fused-ring (bicyclic) bond motifs is 2. The number of imide groups is 2. The lowest BCUT2D eigenvalue weighted by Crippen LogP contribution is -2.33. The number of anilines is 4. The van der Waals surface area contributed by atoms with Crippen LogP contribution in [0.15, 0.2) is 62.0 Å². The first-order valence-electron chi connectivity index (χ1n) is 15.6. The molecule has 1 N–H and O–H groups in total. The Morgan fingerprint density at radius 3 is 1.85 bits per heavy atom. The summed E-state index contributed by atoms with van der Waals surface area (Å²) in [4.78, 5) is 54.1. The summed E-state index contributed by atoms with van der Waals surface area (Å²) in [6.45, 7) is 4.14. The van der Waals surface area contributed by atoms with Gasteiger partial charge >= 0.3 is 0 Å². The van der Waals surface area contributed by atoms with Crippen molar-refractivity contribution in [2.75, 3.05) is 15.1 Å². The number of nitrogens with zero attached hydrogens (tertiary/aromatic N) is 2. The molecule has 53 heavy (non-hydrogen) atoms. The normalized spacial score (nSPS) is 18.3. The van der Waals surface area contributed by atoms with Gasteiger partial charge in [-0.05, 0) is 42.5 Å². The Kier molecular flexibility index (Phi) is 9.78. The maximum absolute atomic E-state index is 15.6. The fourth-order valence-electron chi connectivity index (χ4n) is 6.05. The maximum atomic E-state index is 15.6. The van der Waals surface area contributed by atoms with Gasteiger partial charge in [-0.1, -0.05) is 25.6 Å². The van der Waals surface area contributed by atoms with E-state index >= 15 is 30.7 Å². The van der Waals surface area contributed by atoms with Crippen LogP contribution >= 0.6 is 47.9 Å². The molecule has 2 fully saturated rings. The highest BCUT2D eigenvalue weighted by molar-refractivity contribution is 8.01. The van der Waals surface area contributed by atoms with Gasteiger partial charge < -0.3 is 5.32 Å². The molecule has 0 spiro atoms. The summed E-state index contributed by atoms with van der Waals surface area (Å²) in [5.74, 6) is -20.5. The predicted molar refractivity (Wildman–Crippen MR) is 190 cm³/mol. The second kappa shape index (κ2) is 13.9. The molecule has 2 atom stereocenters. The lowest BCUT2D eigenvalue weighted by molar-refractivity contribution is -0.122. The zero-order valence-corrected chi connectivity index (χ0v) is 30.4. The lowest BCUT2D eigenvalue weighted by Gasteiger charge is -2.22. The van der Waals surface area contributed by atoms with Gasteiger partial charge in [0.15, 0.2) is 40.7 Å². The molecule has 0 saturated carbocycles. The van der Waals surface area contributed by atoms with Crippen molar-refractivity contribution in [1.29, 1.82) is 0 Å². The molecule has 0 aromatic heterocycles. The van der Waals surface area contributed by atoms with Crippen molar-refractivity contribution in [2.45, 2.75) is 62.0 Å². The Labute approximate surface area is 314 Å². The summed E-state index contributed by atoms with van der Waals surface area (Å²) in [5, 5.41) is 1.13. The van der Waals surface area contributed by atoms with Crippen molar-refractivity contribution in [3.8, 4) is 11.1 Å². The number of rotatable bonds is 7. The van der Waals surface area contributed by atoms with Crippen molar-refractivity contribution in [3.05, 3.63) is 83.2 Å². The van der Waals surface area contributed by atoms with Crippen LogP contribution in [0.25, 0.3) is 11.1 Å². The summed E-state index contributed by atoms with van der Waals surface area (Å²) in [7, 11) is 0. The molecule has 3 heterocycles. The largest absolute Gasteiger partial charge is 0.354 e. The summed E-state index contributed by atoms with van der Waals surface area (Å²) >= 11 is 7.89. The van der Waals surface area contributed by atoms with Gasteiger partial charge in [-0.3, -0.25) is 19.2 Å². The molecule has 7 nitrogen and oxygen atoms in total. The average Bonchev–Trinajstić information content (AvgIpc) is 3.51. The number of benzene rings is 4. The van der Waals surface area contributed by atoms with E-state index < -0.39 is 110 Å². The van der Waals surface area contributed by atoms with Gasteiger partial charge in [0.25, 0.3) is 0 Å². The van der Waals surface area contributed by atoms with E-state index in [1.807, 2.05) is 18.2 Å². The Morgan fingerprint density at radius 2 is 1.26 bits per heavy atom. The zero-order chi connectivity index (χ0) is 38.2. The second-order valence-corrected chi connectivity index (χ2v) is 16.9. The molecule has 18 heteroatoms. The minimum atomic E-state index is -2.38. The van der Waals surface area contributed by atoms with Crippen molar-refractivity contribution < 1.29 is 49.9 Å². The van der Waals surface area contributed by atoms with E-state index in [4.69, 9.17) is 0 Å². The third-order valence-electron chi connectivity index (χ3n) is 8.36. The van der Waals surface area contributed by atoms with E-state index in [1.165, 1.54) is 11.8 Å². The smallest absolute Gasteiger partial charge is 0.247 e. The van der Waals surface area contributed by atoms with Crippen LogP contribution in [0.2, 0.25) is 0 Å². The zero-order valence-electron chi connectivity index (χ0n) is 27.0. The van der Waals surface area contributed by atoms with Crippen LogP contribution in [0.4, 0.5) is 53.5 Å². The van der Waals surface area contributed by atoms with E-state index in [9.17, 15) is 19.2 Å². The highest BCUT2D eigenvalue weighted by Crippen LogP contribution is 2.48. The van der Waals surface area contributed by atoms with Gasteiger partial charge in [-0.2, -0.15) is 12.6 Å². The molecule has 0 radical (unpaired) electrons. The molecular formula is C35H22F7N3O4S4. The third kappa shape index (κ3) is 6.36. The summed E-state index contributed by atoms with van der Waals surface area (Å²) < 4.78 is 108. The fraction of sp³-hybridized carbons (Fsp3) is 0.200. The number of carbonyl (C=O) groups excluding carboxylic acids is 4. The quantitative estimate of drug-likeness (QED) is 0.0555. The maximum Gasteiger partial charge on any atom is 0.247 e. The first-order chi connectivity index (χ1) is 25.1. The van der Waals surface area contributed by atoms with Gasteiger partial charge in [0.2, 0.25) is 23.6 Å². The molecule has 4 amide bonds. The Bertz CT molecular complexity index is 2280. The number of thiol groups is 1. The molecule has 3 aliphatic heterocycles. The first kappa shape index (κ1) is 37.2. The molecule has 0 aliphatic carbocycles. The minimum Gasteiger partial charge on any atom is -0.354 e. The van der Waals surface area contributed by atoms with Crippen molar-refractivity contribution in [1.82, 2.24) is 0 Å². The number of amides is 4. The van der Waals surface area contributed by atoms with Crippen LogP contribution in [0.1, 0.15) is 26.7 Å². The number of hydrogen-bond acceptors (Lipinski definition) is 9. The van der Waals surface area contributed by atoms with Gasteiger partial charge in [0.1, 0.15) is 11.4 Å². The van der Waals surface area contributed by atoms with Crippen LogP contribution in [0.3, 0.4) is 0 Å². The summed E-state index contributed by atoms with van der Waals surface area (Å²) in [6, 6.07) is 11.2. The molecule has 2 saturated heterocycles. The van der Waals surface area contributed by atoms with Crippen LogP contribution in [-0.2, 0) is 19.2 Å². The molecule has 3 aliphatic rings. The van der Waals surface area contributed by atoms with Crippen molar-refractivity contribution >= 4 is 94.3 Å². The summed E-state index contributed by atoms with van der Waals surface area (Å²) in [6.07, 6.45) is -1.20. The molecule has 4 aromatic rings. The molecule has 4 aromatic carbocycles. The number of halogens is 7. The summed E-state index contributed by atoms with van der Waals surface area (Å²) in [5.41, 5.74) is -5.24. The SMILES string of the molecule is CC(C)Sc1ccc2c(c1)Nc1cc(SC3CC(=O)N(c4c(F)c(F)c(-c5cc(F)c(N6C(=O)CC(S)C6=O)c(F)c5F)c(F)c4F)C3=O)ccc1S2. The van der Waals surface area contributed by atoms with Gasteiger partial charge in [-0.15, -0.1) is 23.5 Å². The molecular weight excluding hydrogens is 788 g/mol. The second-order valence-electron chi connectivity index (χ2n) is 12.2. The minimum absolute atomic E-state index is 0.0352. The van der Waals surface area contributed by atoms with E-state index in [2.05, 4.69) is 31.8 Å². The van der Waals surface area contributed by atoms with Gasteiger partial charge in [0.05, 0.1) is 27.4 Å². The van der Waals surface area contributed by atoms with Gasteiger partial charge in [0, 0.05) is 43.2 Å². The van der Waals surface area contributed by atoms with Crippen LogP contribution in [0.5, 0.6) is 0 Å². The van der Waals surface area contributed by atoms with Gasteiger partial charge in [-0.25, -0.2) is 40.5 Å². The highest BCUT2D eigenvalue weighted by atomic mass is 32.2. The van der Waals surface area contributed by atoms with Crippen molar-refractivity contribution in [3.63, 3.8) is 0 Å². The monoisotopic (exact) mass is 809 g/mol. The molecule has 0 bridgehead atoms. The average molecular weight is 810 g/mol. The predicted octanol–water partition coefficient (Wildman–Crippen LogP) is 9.02. The number of carbonyl (C=O) groups is 4. The fourth-order valence-corrected chi connectivity index (χ4v) is 9.24. The molecule has 274 valence electrons. The standard InChI is InChI=1S/C35H22F7N3O4S4/c1-12(2)51-13-3-5-20-17(7-13)43-18-8-14(4-6-21(18)53-20)52-22-11-24(47)45(35(22)49)33-30(41)27(38)25(28(39)31(33)42)15-9-16(36)32(29(40)26(15)37)44-23(46)10-19(50)34(44)48/h3-9,12,19,22,43,50H,10-11H2,1-2H3. The van der Waals surface area contributed by atoms with E-state index in [0.29, 0.717) is 15.8 Å². The van der Waals surface area contributed by atoms with E-state index in [-0.39, 0.29) is 15.9 Å². The highest BCUT2D eigenvalue weighted by Gasteiger charge is 2.46. The third-order valence-corrected chi connectivity index (χ3v) is 12.1. The van der Waals surface area contributed by atoms with E-state index in [1.54, 1.807) is 30.0 Å². The van der Waals surface area contributed by atoms with Crippen LogP contribution in [0, 0.1) is 40.7 Å². The first-order valence-corrected chi connectivity index (χ1v) is 18.7. The van der Waals surface area contributed by atoms with E-state index in [0.717, 1.165) is 32.1 Å².